The number of amides is 1. The van der Waals surface area contributed by atoms with Gasteiger partial charge in [-0.05, 0) is 68.3 Å². The van der Waals surface area contributed by atoms with Gasteiger partial charge in [0.2, 0.25) is 5.91 Å². The normalized spacial score (nSPS) is 25.2. The van der Waals surface area contributed by atoms with Crippen LogP contribution in [-0.2, 0) is 4.79 Å². The molecule has 1 aromatic rings. The first kappa shape index (κ1) is 19.7. The molecule has 134 valence electrons. The molecule has 0 saturated carbocycles. The number of benzene rings is 1. The molecule has 5 heteroatoms. The highest BCUT2D eigenvalue weighted by molar-refractivity contribution is 9.10. The Morgan fingerprint density at radius 2 is 2.21 bits per heavy atom. The zero-order valence-corrected chi connectivity index (χ0v) is 16.7. The average molecular weight is 416 g/mol. The van der Waals surface area contributed by atoms with Gasteiger partial charge in [-0.2, -0.15) is 0 Å². The highest BCUT2D eigenvalue weighted by atomic mass is 79.9. The summed E-state index contributed by atoms with van der Waals surface area (Å²) in [5, 5.41) is 3.47. The highest BCUT2D eigenvalue weighted by Crippen LogP contribution is 2.34. The summed E-state index contributed by atoms with van der Waals surface area (Å²) in [4.78, 5) is 15.0. The van der Waals surface area contributed by atoms with Crippen LogP contribution < -0.4 is 5.32 Å². The second-order valence-corrected chi connectivity index (χ2v) is 8.00. The Hall–Kier alpha value is -0.580. The fourth-order valence-corrected chi connectivity index (χ4v) is 4.47. The minimum absolute atomic E-state index is 0. The lowest BCUT2D eigenvalue weighted by molar-refractivity contribution is -0.133. The molecule has 1 amide bonds. The third-order valence-corrected chi connectivity index (χ3v) is 5.94. The molecule has 2 aliphatic rings. The number of nitrogens with one attached hydrogen (secondary N) is 1. The molecule has 24 heavy (non-hydrogen) atoms. The zero-order valence-electron chi connectivity index (χ0n) is 14.3. The molecule has 3 nitrogen and oxygen atoms in total. The number of carbonyl (C=O) groups excluding carboxylic acids is 1. The Morgan fingerprint density at radius 1 is 1.38 bits per heavy atom. The molecule has 0 aromatic heterocycles. The van der Waals surface area contributed by atoms with Crippen LogP contribution in [0.4, 0.5) is 0 Å². The molecular formula is C19H28BrClN2O. The Balaban J connectivity index is 0.00000208. The van der Waals surface area contributed by atoms with Crippen LogP contribution in [0, 0.1) is 11.8 Å². The van der Waals surface area contributed by atoms with Gasteiger partial charge in [0.1, 0.15) is 0 Å². The minimum Gasteiger partial charge on any atom is -0.336 e. The maximum absolute atomic E-state index is 12.9. The summed E-state index contributed by atoms with van der Waals surface area (Å²) < 4.78 is 1.09. The highest BCUT2D eigenvalue weighted by Gasteiger charge is 2.32. The van der Waals surface area contributed by atoms with E-state index in [4.69, 9.17) is 0 Å². The van der Waals surface area contributed by atoms with Crippen LogP contribution >= 0.6 is 28.3 Å². The molecule has 0 bridgehead atoms. The van der Waals surface area contributed by atoms with Crippen LogP contribution in [0.15, 0.2) is 28.7 Å². The molecule has 2 heterocycles. The van der Waals surface area contributed by atoms with Gasteiger partial charge in [0.05, 0.1) is 6.04 Å². The monoisotopic (exact) mass is 414 g/mol. The average Bonchev–Trinajstić information content (AvgIpc) is 3.05. The second-order valence-electron chi connectivity index (χ2n) is 7.09. The maximum Gasteiger partial charge on any atom is 0.223 e. The van der Waals surface area contributed by atoms with Crippen molar-refractivity contribution >= 4 is 34.2 Å². The van der Waals surface area contributed by atoms with Crippen molar-refractivity contribution in [3.63, 3.8) is 0 Å². The second kappa shape index (κ2) is 9.21. The smallest absolute Gasteiger partial charge is 0.223 e. The van der Waals surface area contributed by atoms with Crippen molar-refractivity contribution in [2.75, 3.05) is 19.6 Å². The van der Waals surface area contributed by atoms with Crippen LogP contribution in [0.3, 0.4) is 0 Å². The van der Waals surface area contributed by atoms with Crippen molar-refractivity contribution in [2.45, 2.75) is 45.1 Å². The number of carbonyl (C=O) groups is 1. The number of nitrogens with zero attached hydrogens (tertiary/aromatic N) is 1. The van der Waals surface area contributed by atoms with Gasteiger partial charge >= 0.3 is 0 Å². The van der Waals surface area contributed by atoms with Gasteiger partial charge in [-0.15, -0.1) is 12.4 Å². The molecule has 0 radical (unpaired) electrons. The largest absolute Gasteiger partial charge is 0.336 e. The molecule has 1 N–H and O–H groups in total. The summed E-state index contributed by atoms with van der Waals surface area (Å²) in [6.07, 6.45) is 5.39. The van der Waals surface area contributed by atoms with Gasteiger partial charge in [-0.3, -0.25) is 4.79 Å². The number of rotatable bonds is 4. The lowest BCUT2D eigenvalue weighted by atomic mass is 9.85. The van der Waals surface area contributed by atoms with Gasteiger partial charge in [0.15, 0.2) is 0 Å². The van der Waals surface area contributed by atoms with Gasteiger partial charge < -0.3 is 10.2 Å². The van der Waals surface area contributed by atoms with E-state index in [-0.39, 0.29) is 18.4 Å². The van der Waals surface area contributed by atoms with Gasteiger partial charge in [-0.25, -0.2) is 0 Å². The van der Waals surface area contributed by atoms with Crippen molar-refractivity contribution in [2.24, 2.45) is 11.8 Å². The molecule has 3 unspecified atom stereocenters. The van der Waals surface area contributed by atoms with Crippen LogP contribution in [0.1, 0.15) is 50.6 Å². The number of hydrogen-bond acceptors (Lipinski definition) is 2. The van der Waals surface area contributed by atoms with Gasteiger partial charge in [0.25, 0.3) is 0 Å². The third-order valence-electron chi connectivity index (χ3n) is 5.44. The first-order chi connectivity index (χ1) is 11.1. The Labute approximate surface area is 160 Å². The predicted octanol–water partition coefficient (Wildman–Crippen LogP) is 4.56. The zero-order chi connectivity index (χ0) is 16.2. The van der Waals surface area contributed by atoms with Gasteiger partial charge in [0, 0.05) is 17.4 Å². The van der Waals surface area contributed by atoms with Crippen molar-refractivity contribution in [1.82, 2.24) is 10.2 Å². The van der Waals surface area contributed by atoms with Gasteiger partial charge in [-0.1, -0.05) is 35.0 Å². The molecule has 1 aromatic carbocycles. The van der Waals surface area contributed by atoms with E-state index in [9.17, 15) is 4.79 Å². The molecule has 2 saturated heterocycles. The molecular weight excluding hydrogens is 388 g/mol. The van der Waals surface area contributed by atoms with E-state index in [1.807, 2.05) is 6.07 Å². The fraction of sp³-hybridized carbons (Fsp3) is 0.632. The number of hydrogen-bond donors (Lipinski definition) is 1. The van der Waals surface area contributed by atoms with E-state index in [1.165, 1.54) is 18.4 Å². The summed E-state index contributed by atoms with van der Waals surface area (Å²) in [5.41, 5.74) is 1.26. The van der Waals surface area contributed by atoms with E-state index in [0.29, 0.717) is 24.2 Å². The molecule has 2 fully saturated rings. The standard InChI is InChI=1S/C19H27BrN2O.ClH/c1-14(16-6-3-9-21-13-16)11-19(23)22-10-4-8-18(22)15-5-2-7-17(20)12-15;/h2,5,7,12,14,16,18,21H,3-4,6,8-11,13H2,1H3;1H. The molecule has 0 spiro atoms. The van der Waals surface area contributed by atoms with E-state index in [2.05, 4.69) is 51.3 Å². The Bertz CT molecular complexity index is 548. The SMILES string of the molecule is CC(CC(=O)N1CCCC1c1cccc(Br)c1)C1CCCNC1.Cl. The van der Waals surface area contributed by atoms with Crippen LogP contribution in [-0.4, -0.2) is 30.4 Å². The summed E-state index contributed by atoms with van der Waals surface area (Å²) >= 11 is 3.55. The van der Waals surface area contributed by atoms with Crippen LogP contribution in [0.5, 0.6) is 0 Å². The molecule has 3 rings (SSSR count). The van der Waals surface area contributed by atoms with E-state index < -0.39 is 0 Å². The fourth-order valence-electron chi connectivity index (χ4n) is 4.05. The summed E-state index contributed by atoms with van der Waals surface area (Å²) in [5.74, 6) is 1.46. The van der Waals surface area contributed by atoms with E-state index >= 15 is 0 Å². The number of halogens is 2. The summed E-state index contributed by atoms with van der Waals surface area (Å²) in [7, 11) is 0. The van der Waals surface area contributed by atoms with Crippen molar-refractivity contribution in [3.8, 4) is 0 Å². The quantitative estimate of drug-likeness (QED) is 0.782. The first-order valence-corrected chi connectivity index (χ1v) is 9.70. The minimum atomic E-state index is 0. The molecule has 2 aliphatic heterocycles. The van der Waals surface area contributed by atoms with E-state index in [1.54, 1.807) is 0 Å². The summed E-state index contributed by atoms with van der Waals surface area (Å²) in [6, 6.07) is 8.68. The van der Waals surface area contributed by atoms with Crippen molar-refractivity contribution in [3.05, 3.63) is 34.3 Å². The predicted molar refractivity (Wildman–Crippen MR) is 104 cm³/mol. The topological polar surface area (TPSA) is 32.3 Å². The Kier molecular flexibility index (Phi) is 7.58. The third kappa shape index (κ3) is 4.74. The summed E-state index contributed by atoms with van der Waals surface area (Å²) in [6.45, 7) is 5.36. The Morgan fingerprint density at radius 3 is 2.92 bits per heavy atom. The lowest BCUT2D eigenvalue weighted by Gasteiger charge is -2.31. The van der Waals surface area contributed by atoms with E-state index in [0.717, 1.165) is 36.9 Å². The number of likely N-dealkylation sites (tertiary alicyclic amines) is 1. The van der Waals surface area contributed by atoms with Crippen molar-refractivity contribution < 1.29 is 4.79 Å². The first-order valence-electron chi connectivity index (χ1n) is 8.91. The van der Waals surface area contributed by atoms with Crippen LogP contribution in [0.2, 0.25) is 0 Å². The molecule has 0 aliphatic carbocycles. The number of piperidine rings is 1. The molecule has 3 atom stereocenters. The van der Waals surface area contributed by atoms with Crippen molar-refractivity contribution in [1.29, 1.82) is 0 Å². The van der Waals surface area contributed by atoms with Crippen LogP contribution in [0.25, 0.3) is 0 Å². The lowest BCUT2D eigenvalue weighted by Crippen LogP contribution is -2.37. The maximum atomic E-state index is 12.9.